The van der Waals surface area contributed by atoms with Crippen LogP contribution in [0.2, 0.25) is 0 Å². The lowest BCUT2D eigenvalue weighted by Crippen LogP contribution is -2.22. The minimum Gasteiger partial charge on any atom is -0.497 e. The van der Waals surface area contributed by atoms with Crippen LogP contribution in [0.15, 0.2) is 47.4 Å². The van der Waals surface area contributed by atoms with Gasteiger partial charge in [-0.2, -0.15) is 0 Å². The molecule has 2 aromatic carbocycles. The van der Waals surface area contributed by atoms with Crippen molar-refractivity contribution in [1.82, 2.24) is 0 Å². The largest absolute Gasteiger partial charge is 0.497 e. The maximum atomic E-state index is 12.4. The van der Waals surface area contributed by atoms with Crippen LogP contribution in [0.1, 0.15) is 6.92 Å². The fraction of sp³-hybridized carbons (Fsp3) is 0.235. The number of nitro groups is 1. The lowest BCUT2D eigenvalue weighted by Gasteiger charge is -2.15. The number of carbonyl (C=O) groups excluding carboxylic acids is 1. The molecule has 0 aliphatic rings. The van der Waals surface area contributed by atoms with E-state index in [4.69, 9.17) is 9.47 Å². The van der Waals surface area contributed by atoms with Gasteiger partial charge in [0.15, 0.2) is 0 Å². The number of nitrogens with one attached hydrogen (secondary N) is 1. The van der Waals surface area contributed by atoms with E-state index in [1.807, 2.05) is 0 Å². The van der Waals surface area contributed by atoms with Gasteiger partial charge in [-0.15, -0.1) is 11.8 Å². The van der Waals surface area contributed by atoms with Crippen molar-refractivity contribution >= 4 is 29.0 Å². The number of methoxy groups -OCH3 is 2. The van der Waals surface area contributed by atoms with E-state index in [1.165, 1.54) is 31.0 Å². The van der Waals surface area contributed by atoms with Crippen LogP contribution in [0.5, 0.6) is 11.5 Å². The SMILES string of the molecule is COc1ccc(NC(=O)C(C)Sc2ccc([N+](=O)[O-])cc2)c(OC)c1. The van der Waals surface area contributed by atoms with E-state index in [0.29, 0.717) is 17.2 Å². The number of nitrogens with zero attached hydrogens (tertiary/aromatic N) is 1. The number of amides is 1. The summed E-state index contributed by atoms with van der Waals surface area (Å²) in [6.45, 7) is 1.76. The van der Waals surface area contributed by atoms with Crippen molar-refractivity contribution in [2.75, 3.05) is 19.5 Å². The Morgan fingerprint density at radius 1 is 1.16 bits per heavy atom. The first-order chi connectivity index (χ1) is 11.9. The highest BCUT2D eigenvalue weighted by molar-refractivity contribution is 8.00. The van der Waals surface area contributed by atoms with E-state index < -0.39 is 10.2 Å². The highest BCUT2D eigenvalue weighted by Gasteiger charge is 2.17. The molecule has 0 fully saturated rings. The van der Waals surface area contributed by atoms with E-state index in [-0.39, 0.29) is 11.6 Å². The van der Waals surface area contributed by atoms with E-state index in [1.54, 1.807) is 44.4 Å². The summed E-state index contributed by atoms with van der Waals surface area (Å²) < 4.78 is 10.4. The van der Waals surface area contributed by atoms with Gasteiger partial charge in [0.25, 0.3) is 5.69 Å². The Bertz CT molecular complexity index is 764. The van der Waals surface area contributed by atoms with Gasteiger partial charge in [-0.25, -0.2) is 0 Å². The third-order valence-corrected chi connectivity index (χ3v) is 4.51. The van der Waals surface area contributed by atoms with E-state index in [9.17, 15) is 14.9 Å². The summed E-state index contributed by atoms with van der Waals surface area (Å²) in [7, 11) is 3.06. The second kappa shape index (κ2) is 8.39. The van der Waals surface area contributed by atoms with Gasteiger partial charge in [-0.05, 0) is 31.2 Å². The van der Waals surface area contributed by atoms with Crippen molar-refractivity contribution in [2.24, 2.45) is 0 Å². The molecule has 0 radical (unpaired) electrons. The Morgan fingerprint density at radius 2 is 1.84 bits per heavy atom. The van der Waals surface area contributed by atoms with Gasteiger partial charge in [0, 0.05) is 23.1 Å². The van der Waals surface area contributed by atoms with Gasteiger partial charge in [-0.3, -0.25) is 14.9 Å². The first kappa shape index (κ1) is 18.6. The van der Waals surface area contributed by atoms with Gasteiger partial charge in [0.1, 0.15) is 11.5 Å². The van der Waals surface area contributed by atoms with Crippen molar-refractivity contribution in [1.29, 1.82) is 0 Å². The number of ether oxygens (including phenoxy) is 2. The maximum Gasteiger partial charge on any atom is 0.269 e. The molecule has 1 unspecified atom stereocenters. The summed E-state index contributed by atoms with van der Waals surface area (Å²) in [5, 5.41) is 13.1. The molecular formula is C17H18N2O5S. The highest BCUT2D eigenvalue weighted by atomic mass is 32.2. The Balaban J connectivity index is 2.04. The third kappa shape index (κ3) is 4.87. The van der Waals surface area contributed by atoms with Crippen molar-refractivity contribution in [2.45, 2.75) is 17.1 Å². The van der Waals surface area contributed by atoms with Crippen LogP contribution >= 0.6 is 11.8 Å². The summed E-state index contributed by atoms with van der Waals surface area (Å²) in [5.74, 6) is 0.926. The fourth-order valence-corrected chi connectivity index (χ4v) is 2.91. The minimum atomic E-state index is -0.458. The van der Waals surface area contributed by atoms with Crippen molar-refractivity contribution in [3.05, 3.63) is 52.6 Å². The molecule has 1 atom stereocenters. The summed E-state index contributed by atoms with van der Waals surface area (Å²) in [5.41, 5.74) is 0.564. The molecule has 0 saturated heterocycles. The zero-order chi connectivity index (χ0) is 18.4. The molecule has 2 aromatic rings. The number of nitro benzene ring substituents is 1. The van der Waals surface area contributed by atoms with E-state index in [0.717, 1.165) is 4.90 Å². The number of anilines is 1. The minimum absolute atomic E-state index is 0.0180. The first-order valence-corrected chi connectivity index (χ1v) is 8.26. The molecule has 0 saturated carbocycles. The number of thioether (sulfide) groups is 1. The number of non-ortho nitro benzene ring substituents is 1. The molecule has 7 nitrogen and oxygen atoms in total. The predicted molar refractivity (Wildman–Crippen MR) is 96.6 cm³/mol. The molecule has 8 heteroatoms. The topological polar surface area (TPSA) is 90.7 Å². The standard InChI is InChI=1S/C17H18N2O5S/c1-11(25-14-7-4-12(5-8-14)19(21)22)17(20)18-15-9-6-13(23-2)10-16(15)24-3/h4-11H,1-3H3,(H,18,20). The molecule has 0 aliphatic heterocycles. The average Bonchev–Trinajstić information content (AvgIpc) is 2.62. The molecule has 132 valence electrons. The van der Waals surface area contributed by atoms with Crippen LogP contribution in [0.3, 0.4) is 0 Å². The number of carbonyl (C=O) groups is 1. The Kier molecular flexibility index (Phi) is 6.24. The lowest BCUT2D eigenvalue weighted by molar-refractivity contribution is -0.384. The fourth-order valence-electron chi connectivity index (χ4n) is 2.04. The quantitative estimate of drug-likeness (QED) is 0.458. The molecule has 0 spiro atoms. The van der Waals surface area contributed by atoms with Gasteiger partial charge in [-0.1, -0.05) is 0 Å². The highest BCUT2D eigenvalue weighted by Crippen LogP contribution is 2.31. The normalized spacial score (nSPS) is 11.5. The summed E-state index contributed by atoms with van der Waals surface area (Å²) in [6.07, 6.45) is 0. The van der Waals surface area contributed by atoms with E-state index >= 15 is 0 Å². The lowest BCUT2D eigenvalue weighted by atomic mass is 10.2. The van der Waals surface area contributed by atoms with Crippen LogP contribution in [0.25, 0.3) is 0 Å². The summed E-state index contributed by atoms with van der Waals surface area (Å²) in [6, 6.07) is 11.2. The molecule has 1 amide bonds. The van der Waals surface area contributed by atoms with Gasteiger partial charge in [0.05, 0.1) is 30.1 Å². The summed E-state index contributed by atoms with van der Waals surface area (Å²) in [4.78, 5) is 23.4. The molecule has 0 aromatic heterocycles. The summed E-state index contributed by atoms with van der Waals surface area (Å²) >= 11 is 1.31. The van der Waals surface area contributed by atoms with Gasteiger partial charge < -0.3 is 14.8 Å². The number of rotatable bonds is 7. The third-order valence-electron chi connectivity index (χ3n) is 3.40. The van der Waals surface area contributed by atoms with Crippen molar-refractivity contribution in [3.8, 4) is 11.5 Å². The van der Waals surface area contributed by atoms with Crippen LogP contribution in [-0.4, -0.2) is 30.3 Å². The van der Waals surface area contributed by atoms with E-state index in [2.05, 4.69) is 5.32 Å². The smallest absolute Gasteiger partial charge is 0.269 e. The zero-order valence-electron chi connectivity index (χ0n) is 14.0. The number of hydrogen-bond acceptors (Lipinski definition) is 6. The molecular weight excluding hydrogens is 344 g/mol. The second-order valence-corrected chi connectivity index (χ2v) is 6.48. The molecule has 25 heavy (non-hydrogen) atoms. The molecule has 0 heterocycles. The maximum absolute atomic E-state index is 12.4. The van der Waals surface area contributed by atoms with Crippen LogP contribution in [0.4, 0.5) is 11.4 Å². The number of hydrogen-bond donors (Lipinski definition) is 1. The molecule has 0 bridgehead atoms. The predicted octanol–water partition coefficient (Wildman–Crippen LogP) is 3.73. The van der Waals surface area contributed by atoms with Crippen LogP contribution < -0.4 is 14.8 Å². The van der Waals surface area contributed by atoms with Crippen LogP contribution in [-0.2, 0) is 4.79 Å². The average molecular weight is 362 g/mol. The number of benzene rings is 2. The molecule has 0 aliphatic carbocycles. The van der Waals surface area contributed by atoms with Crippen LogP contribution in [0, 0.1) is 10.1 Å². The first-order valence-electron chi connectivity index (χ1n) is 7.38. The Morgan fingerprint density at radius 3 is 2.40 bits per heavy atom. The van der Waals surface area contributed by atoms with Crippen molar-refractivity contribution < 1.29 is 19.2 Å². The zero-order valence-corrected chi connectivity index (χ0v) is 14.8. The Labute approximate surface area is 149 Å². The molecule has 1 N–H and O–H groups in total. The monoisotopic (exact) mass is 362 g/mol. The molecule has 2 rings (SSSR count). The Hall–Kier alpha value is -2.74. The second-order valence-electron chi connectivity index (χ2n) is 5.07. The van der Waals surface area contributed by atoms with Gasteiger partial charge >= 0.3 is 0 Å². The van der Waals surface area contributed by atoms with Crippen molar-refractivity contribution in [3.63, 3.8) is 0 Å². The van der Waals surface area contributed by atoms with Gasteiger partial charge in [0.2, 0.25) is 5.91 Å².